The van der Waals surface area contributed by atoms with Gasteiger partial charge in [-0.2, -0.15) is 0 Å². The Labute approximate surface area is 108 Å². The molecule has 0 radical (unpaired) electrons. The summed E-state index contributed by atoms with van der Waals surface area (Å²) in [4.78, 5) is 0. The van der Waals surface area contributed by atoms with Crippen molar-refractivity contribution in [2.24, 2.45) is 0 Å². The van der Waals surface area contributed by atoms with Gasteiger partial charge >= 0.3 is 0 Å². The Bertz CT molecular complexity index is 411. The van der Waals surface area contributed by atoms with Crippen molar-refractivity contribution >= 4 is 0 Å². The van der Waals surface area contributed by atoms with Crippen LogP contribution in [0.15, 0.2) is 53.1 Å². The van der Waals surface area contributed by atoms with Gasteiger partial charge in [0.15, 0.2) is 0 Å². The standard InChI is InChI=1S/C15H19NO2/c1-2-7-14(8-3-1)17-11-5-4-10-16-13-15-9-6-12-18-15/h1-3,6-9,12,16H,4-5,10-11,13H2. The summed E-state index contributed by atoms with van der Waals surface area (Å²) in [6.07, 6.45) is 3.86. The molecule has 0 aliphatic heterocycles. The molecule has 0 aliphatic rings. The van der Waals surface area contributed by atoms with E-state index in [9.17, 15) is 0 Å². The predicted octanol–water partition coefficient (Wildman–Crippen LogP) is 3.23. The maximum Gasteiger partial charge on any atom is 0.119 e. The van der Waals surface area contributed by atoms with E-state index in [2.05, 4.69) is 5.32 Å². The number of para-hydroxylation sites is 1. The van der Waals surface area contributed by atoms with Crippen molar-refractivity contribution in [3.63, 3.8) is 0 Å². The molecule has 0 fully saturated rings. The fourth-order valence-corrected chi connectivity index (χ4v) is 1.68. The Kier molecular flexibility index (Phi) is 5.34. The van der Waals surface area contributed by atoms with Gasteiger partial charge in [-0.25, -0.2) is 0 Å². The number of hydrogen-bond donors (Lipinski definition) is 1. The molecule has 0 atom stereocenters. The maximum absolute atomic E-state index is 5.61. The average molecular weight is 245 g/mol. The Hall–Kier alpha value is -1.74. The summed E-state index contributed by atoms with van der Waals surface area (Å²) in [6, 6.07) is 13.8. The molecule has 18 heavy (non-hydrogen) atoms. The molecule has 0 unspecified atom stereocenters. The lowest BCUT2D eigenvalue weighted by atomic mass is 10.3. The largest absolute Gasteiger partial charge is 0.494 e. The third kappa shape index (κ3) is 4.63. The minimum Gasteiger partial charge on any atom is -0.494 e. The molecule has 0 bridgehead atoms. The SMILES string of the molecule is c1ccc(OCCCCNCc2ccco2)cc1. The summed E-state index contributed by atoms with van der Waals surface area (Å²) in [6.45, 7) is 2.55. The summed E-state index contributed by atoms with van der Waals surface area (Å²) in [7, 11) is 0. The Balaban J connectivity index is 1.47. The molecule has 0 amide bonds. The number of nitrogens with one attached hydrogen (secondary N) is 1. The molecule has 0 saturated carbocycles. The Morgan fingerprint density at radius 3 is 2.67 bits per heavy atom. The van der Waals surface area contributed by atoms with Crippen LogP contribution in [-0.2, 0) is 6.54 Å². The number of rotatable bonds is 8. The zero-order valence-electron chi connectivity index (χ0n) is 10.5. The first-order valence-corrected chi connectivity index (χ1v) is 6.36. The van der Waals surface area contributed by atoms with Crippen LogP contribution in [0.4, 0.5) is 0 Å². The van der Waals surface area contributed by atoms with Gasteiger partial charge in [0.1, 0.15) is 11.5 Å². The highest BCUT2D eigenvalue weighted by Crippen LogP contribution is 2.08. The lowest BCUT2D eigenvalue weighted by Gasteiger charge is -2.06. The highest BCUT2D eigenvalue weighted by molar-refractivity contribution is 5.20. The van der Waals surface area contributed by atoms with Crippen molar-refractivity contribution in [2.45, 2.75) is 19.4 Å². The summed E-state index contributed by atoms with van der Waals surface area (Å²) in [5.74, 6) is 1.93. The molecule has 2 aromatic rings. The molecular formula is C15H19NO2. The van der Waals surface area contributed by atoms with Crippen LogP contribution < -0.4 is 10.1 Å². The van der Waals surface area contributed by atoms with E-state index in [1.807, 2.05) is 42.5 Å². The topological polar surface area (TPSA) is 34.4 Å². The van der Waals surface area contributed by atoms with E-state index < -0.39 is 0 Å². The van der Waals surface area contributed by atoms with Gasteiger partial charge in [-0.05, 0) is 43.7 Å². The van der Waals surface area contributed by atoms with Crippen LogP contribution in [-0.4, -0.2) is 13.2 Å². The van der Waals surface area contributed by atoms with Crippen LogP contribution in [0.25, 0.3) is 0 Å². The second-order valence-corrected chi connectivity index (χ2v) is 4.12. The van der Waals surface area contributed by atoms with Crippen LogP contribution in [0.2, 0.25) is 0 Å². The minimum atomic E-state index is 0.770. The van der Waals surface area contributed by atoms with Crippen LogP contribution in [0, 0.1) is 0 Å². The van der Waals surface area contributed by atoms with E-state index in [0.29, 0.717) is 0 Å². The fourth-order valence-electron chi connectivity index (χ4n) is 1.68. The highest BCUT2D eigenvalue weighted by atomic mass is 16.5. The summed E-state index contributed by atoms with van der Waals surface area (Å²) in [5, 5.41) is 3.34. The van der Waals surface area contributed by atoms with Crippen LogP contribution >= 0.6 is 0 Å². The van der Waals surface area contributed by atoms with Crippen molar-refractivity contribution in [3.8, 4) is 5.75 Å². The van der Waals surface area contributed by atoms with Crippen molar-refractivity contribution < 1.29 is 9.15 Å². The quantitative estimate of drug-likeness (QED) is 0.725. The van der Waals surface area contributed by atoms with Crippen LogP contribution in [0.3, 0.4) is 0 Å². The molecule has 3 heteroatoms. The Morgan fingerprint density at radius 1 is 1.00 bits per heavy atom. The molecule has 1 aromatic heterocycles. The first kappa shape index (κ1) is 12.7. The maximum atomic E-state index is 5.61. The first-order valence-electron chi connectivity index (χ1n) is 6.36. The molecule has 96 valence electrons. The highest BCUT2D eigenvalue weighted by Gasteiger charge is 1.95. The van der Waals surface area contributed by atoms with Crippen molar-refractivity contribution in [1.82, 2.24) is 5.32 Å². The zero-order chi connectivity index (χ0) is 12.5. The van der Waals surface area contributed by atoms with Crippen LogP contribution in [0.5, 0.6) is 5.75 Å². The van der Waals surface area contributed by atoms with E-state index in [0.717, 1.165) is 44.0 Å². The third-order valence-electron chi connectivity index (χ3n) is 2.64. The first-order chi connectivity index (χ1) is 8.95. The summed E-state index contributed by atoms with van der Waals surface area (Å²) in [5.41, 5.74) is 0. The summed E-state index contributed by atoms with van der Waals surface area (Å²) >= 11 is 0. The molecule has 0 spiro atoms. The van der Waals surface area contributed by atoms with Gasteiger partial charge in [0.25, 0.3) is 0 Å². The van der Waals surface area contributed by atoms with Gasteiger partial charge in [-0.3, -0.25) is 0 Å². The number of hydrogen-bond acceptors (Lipinski definition) is 3. The molecule has 0 aliphatic carbocycles. The number of furan rings is 1. The molecule has 2 rings (SSSR count). The smallest absolute Gasteiger partial charge is 0.119 e. The van der Waals surface area contributed by atoms with Crippen molar-refractivity contribution in [2.75, 3.05) is 13.2 Å². The number of benzene rings is 1. The Morgan fingerprint density at radius 2 is 1.89 bits per heavy atom. The van der Waals surface area contributed by atoms with E-state index in [1.165, 1.54) is 0 Å². The van der Waals surface area contributed by atoms with Crippen LogP contribution in [0.1, 0.15) is 18.6 Å². The molecule has 1 aromatic carbocycles. The predicted molar refractivity (Wildman–Crippen MR) is 71.6 cm³/mol. The zero-order valence-corrected chi connectivity index (χ0v) is 10.5. The van der Waals surface area contributed by atoms with Crippen molar-refractivity contribution in [1.29, 1.82) is 0 Å². The monoisotopic (exact) mass is 245 g/mol. The van der Waals surface area contributed by atoms with E-state index in [1.54, 1.807) is 6.26 Å². The van der Waals surface area contributed by atoms with Crippen molar-refractivity contribution in [3.05, 3.63) is 54.5 Å². The van der Waals surface area contributed by atoms with Gasteiger partial charge in [0.2, 0.25) is 0 Å². The number of ether oxygens (including phenoxy) is 1. The van der Waals surface area contributed by atoms with E-state index >= 15 is 0 Å². The molecule has 3 nitrogen and oxygen atoms in total. The number of unbranched alkanes of at least 4 members (excludes halogenated alkanes) is 1. The molecule has 1 heterocycles. The van der Waals surface area contributed by atoms with Gasteiger partial charge in [-0.15, -0.1) is 0 Å². The third-order valence-corrected chi connectivity index (χ3v) is 2.64. The molecule has 0 saturated heterocycles. The van der Waals surface area contributed by atoms with Gasteiger partial charge < -0.3 is 14.5 Å². The lowest BCUT2D eigenvalue weighted by Crippen LogP contribution is -2.15. The summed E-state index contributed by atoms with van der Waals surface area (Å²) < 4.78 is 10.8. The molecular weight excluding hydrogens is 226 g/mol. The van der Waals surface area contributed by atoms with Gasteiger partial charge in [0, 0.05) is 0 Å². The second kappa shape index (κ2) is 7.56. The minimum absolute atomic E-state index is 0.770. The van der Waals surface area contributed by atoms with Gasteiger partial charge in [0.05, 0.1) is 19.4 Å². The van der Waals surface area contributed by atoms with E-state index in [-0.39, 0.29) is 0 Å². The molecule has 1 N–H and O–H groups in total. The van der Waals surface area contributed by atoms with Gasteiger partial charge in [-0.1, -0.05) is 18.2 Å². The lowest BCUT2D eigenvalue weighted by molar-refractivity contribution is 0.305. The second-order valence-electron chi connectivity index (χ2n) is 4.12. The fraction of sp³-hybridized carbons (Fsp3) is 0.333. The van der Waals surface area contributed by atoms with E-state index in [4.69, 9.17) is 9.15 Å². The normalized spacial score (nSPS) is 10.4. The average Bonchev–Trinajstić information content (AvgIpc) is 2.92.